The summed E-state index contributed by atoms with van der Waals surface area (Å²) in [5.41, 5.74) is 0. The molecule has 0 aromatic heterocycles. The number of ether oxygens (including phenoxy) is 3. The van der Waals surface area contributed by atoms with E-state index in [4.69, 9.17) is 14.2 Å². The molecule has 1 unspecified atom stereocenters. The molecule has 0 saturated carbocycles. The van der Waals surface area contributed by atoms with E-state index in [1.165, 1.54) is 70.6 Å². The highest BCUT2D eigenvalue weighted by molar-refractivity contribution is 5.71. The molecule has 0 aliphatic heterocycles. The third-order valence-corrected chi connectivity index (χ3v) is 9.54. The highest BCUT2D eigenvalue weighted by atomic mass is 16.6. The molecule has 0 aliphatic rings. The summed E-state index contributed by atoms with van der Waals surface area (Å²) < 4.78 is 16.7. The van der Waals surface area contributed by atoms with Gasteiger partial charge in [-0.25, -0.2) is 0 Å². The third kappa shape index (κ3) is 42.0. The van der Waals surface area contributed by atoms with Crippen molar-refractivity contribution in [2.24, 2.45) is 0 Å². The fraction of sp³-hybridized carbons (Fsp3) is 0.700. The van der Waals surface area contributed by atoms with Gasteiger partial charge in [0.1, 0.15) is 13.2 Å². The van der Waals surface area contributed by atoms with Crippen molar-refractivity contribution in [1.82, 2.24) is 0 Å². The summed E-state index contributed by atoms with van der Waals surface area (Å²) in [6.45, 7) is 6.44. The molecule has 0 rings (SSSR count). The predicted molar refractivity (Wildman–Crippen MR) is 238 cm³/mol. The molecule has 0 amide bonds. The first kappa shape index (κ1) is 52.9. The number of allylic oxidation sites excluding steroid dienone is 12. The van der Waals surface area contributed by atoms with Crippen LogP contribution in [0.25, 0.3) is 0 Å². The number of esters is 3. The topological polar surface area (TPSA) is 78.9 Å². The third-order valence-electron chi connectivity index (χ3n) is 9.54. The number of hydrogen-bond donors (Lipinski definition) is 0. The molecule has 0 N–H and O–H groups in total. The molecule has 1 atom stereocenters. The van der Waals surface area contributed by atoms with E-state index >= 15 is 0 Å². The Kier molecular flexibility index (Phi) is 42.1. The van der Waals surface area contributed by atoms with Crippen LogP contribution in [0.1, 0.15) is 207 Å². The molecule has 320 valence electrons. The van der Waals surface area contributed by atoms with Crippen molar-refractivity contribution in [2.75, 3.05) is 13.2 Å². The molecular formula is C50H84O6. The molecule has 0 saturated heterocycles. The molecule has 6 heteroatoms. The molecule has 0 fully saturated rings. The minimum atomic E-state index is -0.786. The van der Waals surface area contributed by atoms with Gasteiger partial charge < -0.3 is 14.2 Å². The lowest BCUT2D eigenvalue weighted by Crippen LogP contribution is -2.30. The second-order valence-electron chi connectivity index (χ2n) is 15.1. The number of rotatable bonds is 40. The average Bonchev–Trinajstić information content (AvgIpc) is 3.19. The lowest BCUT2D eigenvalue weighted by atomic mass is 10.1. The van der Waals surface area contributed by atoms with Crippen LogP contribution >= 0.6 is 0 Å². The summed E-state index contributed by atoms with van der Waals surface area (Å²) >= 11 is 0. The Morgan fingerprint density at radius 3 is 1.18 bits per heavy atom. The zero-order valence-corrected chi connectivity index (χ0v) is 36.4. The van der Waals surface area contributed by atoms with Crippen LogP contribution in [-0.4, -0.2) is 37.2 Å². The van der Waals surface area contributed by atoms with Gasteiger partial charge >= 0.3 is 17.9 Å². The summed E-state index contributed by atoms with van der Waals surface area (Å²) in [4.78, 5) is 37.7. The van der Waals surface area contributed by atoms with Gasteiger partial charge in [0.25, 0.3) is 0 Å². The molecule has 0 spiro atoms. The zero-order chi connectivity index (χ0) is 40.8. The smallest absolute Gasteiger partial charge is 0.306 e. The van der Waals surface area contributed by atoms with E-state index < -0.39 is 6.10 Å². The van der Waals surface area contributed by atoms with Crippen LogP contribution in [0.3, 0.4) is 0 Å². The fourth-order valence-electron chi connectivity index (χ4n) is 6.04. The Morgan fingerprint density at radius 1 is 0.357 bits per heavy atom. The standard InChI is InChI=1S/C50H84O6/c1-4-7-10-13-16-19-21-22-23-24-25-26-27-29-31-34-37-40-43-49(52)55-46-47(45-54-48(51)42-39-36-33-30-18-15-12-9-6-3)56-50(53)44-41-38-35-32-28-20-17-14-11-8-5-2/h10,13-14,16-17,19,21-26,47H,4-9,11-12,15,18,20,27-46H2,1-3H3/b13-10-,17-14-,19-16-,22-21-,24-23-,26-25-. The Bertz CT molecular complexity index is 1080. The molecule has 0 bridgehead atoms. The summed E-state index contributed by atoms with van der Waals surface area (Å²) in [6, 6.07) is 0. The average molecular weight is 781 g/mol. The van der Waals surface area contributed by atoms with Crippen molar-refractivity contribution in [3.05, 3.63) is 72.9 Å². The van der Waals surface area contributed by atoms with Crippen LogP contribution in [0.4, 0.5) is 0 Å². The van der Waals surface area contributed by atoms with E-state index in [2.05, 4.69) is 63.3 Å². The Hall–Kier alpha value is -3.15. The van der Waals surface area contributed by atoms with Crippen LogP contribution in [-0.2, 0) is 28.6 Å². The molecule has 0 radical (unpaired) electrons. The molecular weight excluding hydrogens is 697 g/mol. The first-order chi connectivity index (χ1) is 27.5. The van der Waals surface area contributed by atoms with Crippen molar-refractivity contribution >= 4 is 17.9 Å². The number of carbonyl (C=O) groups is 3. The van der Waals surface area contributed by atoms with Gasteiger partial charge in [-0.1, -0.05) is 203 Å². The van der Waals surface area contributed by atoms with E-state index in [1.54, 1.807) is 0 Å². The summed E-state index contributed by atoms with van der Waals surface area (Å²) in [5.74, 6) is -0.931. The minimum Gasteiger partial charge on any atom is -0.462 e. The molecule has 0 aromatic carbocycles. The van der Waals surface area contributed by atoms with Crippen LogP contribution in [0.2, 0.25) is 0 Å². The van der Waals surface area contributed by atoms with Crippen molar-refractivity contribution in [3.63, 3.8) is 0 Å². The van der Waals surface area contributed by atoms with E-state index in [-0.39, 0.29) is 31.1 Å². The first-order valence-corrected chi connectivity index (χ1v) is 23.0. The molecule has 0 aliphatic carbocycles. The highest BCUT2D eigenvalue weighted by Gasteiger charge is 2.19. The molecule has 6 nitrogen and oxygen atoms in total. The summed E-state index contributed by atoms with van der Waals surface area (Å²) in [6.07, 6.45) is 54.5. The second-order valence-corrected chi connectivity index (χ2v) is 15.1. The van der Waals surface area contributed by atoms with Gasteiger partial charge in [-0.3, -0.25) is 14.4 Å². The maximum absolute atomic E-state index is 12.7. The lowest BCUT2D eigenvalue weighted by molar-refractivity contribution is -0.167. The zero-order valence-electron chi connectivity index (χ0n) is 36.4. The Balaban J connectivity index is 4.40. The van der Waals surface area contributed by atoms with E-state index in [1.807, 2.05) is 30.4 Å². The van der Waals surface area contributed by atoms with E-state index in [0.29, 0.717) is 19.3 Å². The van der Waals surface area contributed by atoms with Crippen LogP contribution in [0, 0.1) is 0 Å². The van der Waals surface area contributed by atoms with Crippen LogP contribution < -0.4 is 0 Å². The Labute approximate surface area is 344 Å². The van der Waals surface area contributed by atoms with Gasteiger partial charge in [-0.2, -0.15) is 0 Å². The molecule has 0 aromatic rings. The number of carbonyl (C=O) groups excluding carboxylic acids is 3. The summed E-state index contributed by atoms with van der Waals surface area (Å²) in [5, 5.41) is 0. The maximum atomic E-state index is 12.7. The van der Waals surface area contributed by atoms with Crippen LogP contribution in [0.5, 0.6) is 0 Å². The van der Waals surface area contributed by atoms with E-state index in [9.17, 15) is 14.4 Å². The van der Waals surface area contributed by atoms with E-state index in [0.717, 1.165) is 96.3 Å². The monoisotopic (exact) mass is 781 g/mol. The van der Waals surface area contributed by atoms with Crippen molar-refractivity contribution in [2.45, 2.75) is 213 Å². The second kappa shape index (κ2) is 44.6. The van der Waals surface area contributed by atoms with Gasteiger partial charge in [0.2, 0.25) is 0 Å². The van der Waals surface area contributed by atoms with Gasteiger partial charge in [-0.15, -0.1) is 0 Å². The molecule has 56 heavy (non-hydrogen) atoms. The fourth-order valence-corrected chi connectivity index (χ4v) is 6.04. The normalized spacial score (nSPS) is 12.7. The number of unbranched alkanes of at least 4 members (excludes halogenated alkanes) is 21. The van der Waals surface area contributed by atoms with Crippen LogP contribution in [0.15, 0.2) is 72.9 Å². The van der Waals surface area contributed by atoms with Crippen molar-refractivity contribution in [1.29, 1.82) is 0 Å². The van der Waals surface area contributed by atoms with Gasteiger partial charge in [0.15, 0.2) is 6.10 Å². The quantitative estimate of drug-likeness (QED) is 0.0203. The Morgan fingerprint density at radius 2 is 0.714 bits per heavy atom. The van der Waals surface area contributed by atoms with Gasteiger partial charge in [-0.05, 0) is 57.8 Å². The highest BCUT2D eigenvalue weighted by Crippen LogP contribution is 2.13. The summed E-state index contributed by atoms with van der Waals surface area (Å²) in [7, 11) is 0. The maximum Gasteiger partial charge on any atom is 0.306 e. The first-order valence-electron chi connectivity index (χ1n) is 23.0. The van der Waals surface area contributed by atoms with Gasteiger partial charge in [0.05, 0.1) is 0 Å². The predicted octanol–water partition coefficient (Wildman–Crippen LogP) is 14.7. The van der Waals surface area contributed by atoms with Crippen molar-refractivity contribution in [3.8, 4) is 0 Å². The minimum absolute atomic E-state index is 0.0870. The SMILES string of the molecule is CCC\C=C/C=C\C=C/C=C\C=C/CCCCCCCC(=O)OCC(COC(=O)CCCCCCCCCCC)OC(=O)CCCCCCC/C=C\CCCC. The van der Waals surface area contributed by atoms with Gasteiger partial charge in [0, 0.05) is 19.3 Å². The lowest BCUT2D eigenvalue weighted by Gasteiger charge is -2.18. The van der Waals surface area contributed by atoms with Crippen molar-refractivity contribution < 1.29 is 28.6 Å². The number of hydrogen-bond acceptors (Lipinski definition) is 6. The molecule has 0 heterocycles. The largest absolute Gasteiger partial charge is 0.462 e.